The van der Waals surface area contributed by atoms with Crippen LogP contribution in [0.1, 0.15) is 39.0 Å². The normalized spacial score (nSPS) is 20.1. The van der Waals surface area contributed by atoms with Crippen molar-refractivity contribution in [3.8, 4) is 0 Å². The van der Waals surface area contributed by atoms with Gasteiger partial charge in [-0.05, 0) is 31.2 Å². The van der Waals surface area contributed by atoms with Crippen molar-refractivity contribution in [1.82, 2.24) is 0 Å². The van der Waals surface area contributed by atoms with Gasteiger partial charge in [-0.25, -0.2) is 0 Å². The van der Waals surface area contributed by atoms with Crippen LogP contribution in [0.4, 0.5) is 0 Å². The van der Waals surface area contributed by atoms with Gasteiger partial charge in [0.1, 0.15) is 5.78 Å². The number of nitrogens with two attached hydrogens (primary N) is 1. The molecular weight excluding hydrogens is 190 g/mol. The van der Waals surface area contributed by atoms with Crippen LogP contribution < -0.4 is 5.73 Å². The molecule has 1 aliphatic heterocycles. The van der Waals surface area contributed by atoms with E-state index in [9.17, 15) is 4.79 Å². The van der Waals surface area contributed by atoms with Crippen molar-refractivity contribution in [2.45, 2.75) is 39.0 Å². The molecule has 0 aromatic heterocycles. The number of rotatable bonds is 6. The predicted molar refractivity (Wildman–Crippen MR) is 60.6 cm³/mol. The van der Waals surface area contributed by atoms with E-state index < -0.39 is 0 Å². The molecule has 1 fully saturated rings. The van der Waals surface area contributed by atoms with Crippen molar-refractivity contribution < 1.29 is 9.53 Å². The molecule has 1 unspecified atom stereocenters. The monoisotopic (exact) mass is 213 g/mol. The first-order chi connectivity index (χ1) is 7.26. The highest BCUT2D eigenvalue weighted by molar-refractivity contribution is 5.78. The van der Waals surface area contributed by atoms with Crippen molar-refractivity contribution in [2.24, 2.45) is 17.6 Å². The van der Waals surface area contributed by atoms with Gasteiger partial charge < -0.3 is 10.5 Å². The molecule has 0 bridgehead atoms. The van der Waals surface area contributed by atoms with Crippen LogP contribution in [0.5, 0.6) is 0 Å². The summed E-state index contributed by atoms with van der Waals surface area (Å²) in [5, 5.41) is 0. The standard InChI is InChI=1S/C12H23NO2/c1-2-10(9-13)7-12(14)8-11-3-5-15-6-4-11/h10-11H,2-9,13H2,1H3. The second kappa shape index (κ2) is 6.96. The quantitative estimate of drug-likeness (QED) is 0.731. The summed E-state index contributed by atoms with van der Waals surface area (Å²) in [4.78, 5) is 11.7. The molecule has 1 rings (SSSR count). The number of hydrogen-bond donors (Lipinski definition) is 1. The Kier molecular flexibility index (Phi) is 5.88. The zero-order chi connectivity index (χ0) is 11.1. The summed E-state index contributed by atoms with van der Waals surface area (Å²) in [5.74, 6) is 1.33. The van der Waals surface area contributed by atoms with E-state index in [1.807, 2.05) is 0 Å². The first kappa shape index (κ1) is 12.7. The van der Waals surface area contributed by atoms with E-state index in [2.05, 4.69) is 6.92 Å². The average Bonchev–Trinajstić information content (AvgIpc) is 2.27. The summed E-state index contributed by atoms with van der Waals surface area (Å²) in [5.41, 5.74) is 5.59. The smallest absolute Gasteiger partial charge is 0.133 e. The van der Waals surface area contributed by atoms with Crippen LogP contribution in [0.2, 0.25) is 0 Å². The van der Waals surface area contributed by atoms with Crippen molar-refractivity contribution in [2.75, 3.05) is 19.8 Å². The zero-order valence-electron chi connectivity index (χ0n) is 9.71. The third kappa shape index (κ3) is 4.76. The number of ketones is 1. The number of carbonyl (C=O) groups is 1. The molecule has 1 saturated heterocycles. The summed E-state index contributed by atoms with van der Waals surface area (Å²) >= 11 is 0. The molecule has 2 N–H and O–H groups in total. The maximum Gasteiger partial charge on any atom is 0.133 e. The Hall–Kier alpha value is -0.410. The lowest BCUT2D eigenvalue weighted by molar-refractivity contribution is -0.121. The van der Waals surface area contributed by atoms with E-state index in [0.717, 1.165) is 38.9 Å². The summed E-state index contributed by atoms with van der Waals surface area (Å²) in [6.45, 7) is 4.38. The van der Waals surface area contributed by atoms with Crippen molar-refractivity contribution in [3.63, 3.8) is 0 Å². The van der Waals surface area contributed by atoms with E-state index in [0.29, 0.717) is 30.6 Å². The number of carbonyl (C=O) groups excluding carboxylic acids is 1. The van der Waals surface area contributed by atoms with Crippen LogP contribution in [0.15, 0.2) is 0 Å². The van der Waals surface area contributed by atoms with E-state index in [1.54, 1.807) is 0 Å². The van der Waals surface area contributed by atoms with E-state index in [-0.39, 0.29) is 0 Å². The minimum absolute atomic E-state index is 0.386. The van der Waals surface area contributed by atoms with Crippen LogP contribution >= 0.6 is 0 Å². The van der Waals surface area contributed by atoms with E-state index >= 15 is 0 Å². The minimum Gasteiger partial charge on any atom is -0.381 e. The lowest BCUT2D eigenvalue weighted by Crippen LogP contribution is -2.22. The third-order valence-corrected chi connectivity index (χ3v) is 3.28. The lowest BCUT2D eigenvalue weighted by atomic mass is 9.90. The van der Waals surface area contributed by atoms with Crippen LogP contribution in [-0.4, -0.2) is 25.5 Å². The van der Waals surface area contributed by atoms with Crippen molar-refractivity contribution in [3.05, 3.63) is 0 Å². The van der Waals surface area contributed by atoms with Gasteiger partial charge in [0, 0.05) is 26.1 Å². The Morgan fingerprint density at radius 3 is 2.67 bits per heavy atom. The van der Waals surface area contributed by atoms with E-state index in [4.69, 9.17) is 10.5 Å². The number of Topliss-reactive ketones (excluding diaryl/α,β-unsaturated/α-hetero) is 1. The fraction of sp³-hybridized carbons (Fsp3) is 0.917. The van der Waals surface area contributed by atoms with Crippen LogP contribution in [-0.2, 0) is 9.53 Å². The van der Waals surface area contributed by atoms with Crippen molar-refractivity contribution >= 4 is 5.78 Å². The first-order valence-corrected chi connectivity index (χ1v) is 6.05. The molecule has 0 amide bonds. The third-order valence-electron chi connectivity index (χ3n) is 3.28. The van der Waals surface area contributed by atoms with Gasteiger partial charge in [-0.1, -0.05) is 13.3 Å². The lowest BCUT2D eigenvalue weighted by Gasteiger charge is -2.22. The SMILES string of the molecule is CCC(CN)CC(=O)CC1CCOCC1. The van der Waals surface area contributed by atoms with Gasteiger partial charge in [-0.15, -0.1) is 0 Å². The van der Waals surface area contributed by atoms with Crippen LogP contribution in [0.3, 0.4) is 0 Å². The van der Waals surface area contributed by atoms with Crippen molar-refractivity contribution in [1.29, 1.82) is 0 Å². The van der Waals surface area contributed by atoms with Gasteiger partial charge in [-0.3, -0.25) is 4.79 Å². The summed E-state index contributed by atoms with van der Waals surface area (Å²) in [7, 11) is 0. The minimum atomic E-state index is 0.386. The number of ether oxygens (including phenoxy) is 1. The van der Waals surface area contributed by atoms with Gasteiger partial charge in [0.05, 0.1) is 0 Å². The fourth-order valence-electron chi connectivity index (χ4n) is 2.07. The fourth-order valence-corrected chi connectivity index (χ4v) is 2.07. The van der Waals surface area contributed by atoms with Gasteiger partial charge in [-0.2, -0.15) is 0 Å². The van der Waals surface area contributed by atoms with Gasteiger partial charge in [0.2, 0.25) is 0 Å². The zero-order valence-corrected chi connectivity index (χ0v) is 9.71. The molecule has 0 aliphatic carbocycles. The maximum absolute atomic E-state index is 11.7. The molecular formula is C12H23NO2. The summed E-state index contributed by atoms with van der Waals surface area (Å²) < 4.78 is 5.27. The molecule has 1 atom stereocenters. The largest absolute Gasteiger partial charge is 0.381 e. The Morgan fingerprint density at radius 1 is 1.47 bits per heavy atom. The maximum atomic E-state index is 11.7. The number of hydrogen-bond acceptors (Lipinski definition) is 3. The summed E-state index contributed by atoms with van der Waals surface area (Å²) in [6.07, 6.45) is 4.51. The van der Waals surface area contributed by atoms with Crippen LogP contribution in [0, 0.1) is 11.8 Å². The molecule has 0 saturated carbocycles. The molecule has 0 radical (unpaired) electrons. The first-order valence-electron chi connectivity index (χ1n) is 6.05. The molecule has 0 aromatic rings. The highest BCUT2D eigenvalue weighted by Gasteiger charge is 2.18. The van der Waals surface area contributed by atoms with Gasteiger partial charge in [0.25, 0.3) is 0 Å². The Labute approximate surface area is 92.4 Å². The second-order valence-electron chi connectivity index (χ2n) is 4.51. The Morgan fingerprint density at radius 2 is 2.13 bits per heavy atom. The molecule has 3 heteroatoms. The molecule has 3 nitrogen and oxygen atoms in total. The Balaban J connectivity index is 2.21. The molecule has 1 aliphatic rings. The highest BCUT2D eigenvalue weighted by atomic mass is 16.5. The van der Waals surface area contributed by atoms with E-state index in [1.165, 1.54) is 0 Å². The summed E-state index contributed by atoms with van der Waals surface area (Å²) in [6, 6.07) is 0. The molecule has 15 heavy (non-hydrogen) atoms. The second-order valence-corrected chi connectivity index (χ2v) is 4.51. The molecule has 0 spiro atoms. The molecule has 1 heterocycles. The average molecular weight is 213 g/mol. The highest BCUT2D eigenvalue weighted by Crippen LogP contribution is 2.20. The van der Waals surface area contributed by atoms with Gasteiger partial charge in [0.15, 0.2) is 0 Å². The van der Waals surface area contributed by atoms with Gasteiger partial charge >= 0.3 is 0 Å². The van der Waals surface area contributed by atoms with Crippen LogP contribution in [0.25, 0.3) is 0 Å². The Bertz CT molecular complexity index is 184. The molecule has 88 valence electrons. The topological polar surface area (TPSA) is 52.3 Å². The molecule has 0 aromatic carbocycles. The predicted octanol–water partition coefficient (Wildman–Crippen LogP) is 1.75.